The fraction of sp³-hybridized carbons (Fsp3) is 1.00. The Bertz CT molecular complexity index is 265. The summed E-state index contributed by atoms with van der Waals surface area (Å²) in [5.74, 6) is 1.09. The molecule has 2 aliphatic rings. The molecule has 2 rings (SSSR count). The average Bonchev–Trinajstić information content (AvgIpc) is 3.00. The second-order valence-corrected chi connectivity index (χ2v) is 7.44. The Kier molecular flexibility index (Phi) is 7.71. The van der Waals surface area contributed by atoms with Crippen LogP contribution in [0, 0.1) is 0 Å². The van der Waals surface area contributed by atoms with Crippen molar-refractivity contribution in [3.8, 4) is 0 Å². The summed E-state index contributed by atoms with van der Waals surface area (Å²) in [4.78, 5) is 0. The van der Waals surface area contributed by atoms with Crippen LogP contribution in [0.25, 0.3) is 0 Å². The molecular formula is C16H31NO2S. The summed E-state index contributed by atoms with van der Waals surface area (Å²) < 4.78 is 5.13. The largest absolute Gasteiger partial charge is 0.366 e. The van der Waals surface area contributed by atoms with E-state index in [2.05, 4.69) is 12.2 Å². The van der Waals surface area contributed by atoms with Gasteiger partial charge in [-0.2, -0.15) is 0 Å². The van der Waals surface area contributed by atoms with Gasteiger partial charge in [-0.15, -0.1) is 11.8 Å². The molecule has 20 heavy (non-hydrogen) atoms. The number of hydrogen-bond acceptors (Lipinski definition) is 4. The lowest BCUT2D eigenvalue weighted by molar-refractivity contribution is 0.155. The maximum Gasteiger partial charge on any atom is 0.183 e. The number of aliphatic hydroxyl groups excluding tert-OH is 1. The number of nitrogens with one attached hydrogen (secondary N) is 1. The Hall–Kier alpha value is 0.230. The second kappa shape index (κ2) is 9.29. The van der Waals surface area contributed by atoms with Crippen molar-refractivity contribution in [2.75, 3.05) is 5.75 Å². The van der Waals surface area contributed by atoms with Gasteiger partial charge in [-0.05, 0) is 6.42 Å². The Balaban J connectivity index is 1.37. The highest BCUT2D eigenvalue weighted by atomic mass is 32.2. The fourth-order valence-corrected chi connectivity index (χ4v) is 4.29. The van der Waals surface area contributed by atoms with Crippen molar-refractivity contribution in [3.63, 3.8) is 0 Å². The summed E-state index contributed by atoms with van der Waals surface area (Å²) >= 11 is 2.00. The quantitative estimate of drug-likeness (QED) is 0.451. The van der Waals surface area contributed by atoms with Crippen LogP contribution in [0.3, 0.4) is 0 Å². The summed E-state index contributed by atoms with van der Waals surface area (Å²) in [6.45, 7) is 2.27. The number of ether oxygens (including phenoxy) is 1. The Morgan fingerprint density at radius 1 is 1.05 bits per heavy atom. The summed E-state index contributed by atoms with van der Waals surface area (Å²) in [7, 11) is 0. The van der Waals surface area contributed by atoms with Crippen molar-refractivity contribution in [1.29, 1.82) is 0 Å². The molecule has 0 spiro atoms. The first-order chi connectivity index (χ1) is 9.81. The van der Waals surface area contributed by atoms with Crippen LogP contribution in [0.4, 0.5) is 0 Å². The van der Waals surface area contributed by atoms with E-state index >= 15 is 0 Å². The van der Waals surface area contributed by atoms with Gasteiger partial charge in [0, 0.05) is 11.8 Å². The van der Waals surface area contributed by atoms with Crippen LogP contribution in [0.5, 0.6) is 0 Å². The molecule has 2 heterocycles. The van der Waals surface area contributed by atoms with Crippen LogP contribution in [0.15, 0.2) is 0 Å². The van der Waals surface area contributed by atoms with Gasteiger partial charge in [0.05, 0.1) is 5.37 Å². The molecule has 2 aliphatic heterocycles. The SMILES string of the molecule is CCCCCCCCCCCC1N[C@H](C2OC2O)CS1. The molecule has 0 bridgehead atoms. The predicted molar refractivity (Wildman–Crippen MR) is 85.9 cm³/mol. The maximum absolute atomic E-state index is 9.25. The zero-order chi connectivity index (χ0) is 14.2. The molecule has 3 nitrogen and oxygen atoms in total. The number of hydrogen-bond donors (Lipinski definition) is 2. The van der Waals surface area contributed by atoms with Gasteiger partial charge in [0.1, 0.15) is 6.10 Å². The zero-order valence-corrected chi connectivity index (χ0v) is 13.7. The number of aliphatic hydroxyl groups is 1. The molecule has 0 aromatic rings. The van der Waals surface area contributed by atoms with Crippen molar-refractivity contribution < 1.29 is 9.84 Å². The fourth-order valence-electron chi connectivity index (χ4n) is 2.96. The van der Waals surface area contributed by atoms with Crippen molar-refractivity contribution in [2.45, 2.75) is 94.9 Å². The van der Waals surface area contributed by atoms with Crippen LogP contribution in [0.1, 0.15) is 71.1 Å². The summed E-state index contributed by atoms with van der Waals surface area (Å²) in [5.41, 5.74) is 0. The molecule has 0 aromatic carbocycles. The highest BCUT2D eigenvalue weighted by Crippen LogP contribution is 2.32. The minimum atomic E-state index is -0.500. The normalized spacial score (nSPS) is 32.7. The average molecular weight is 301 g/mol. The molecule has 4 heteroatoms. The highest BCUT2D eigenvalue weighted by Gasteiger charge is 2.46. The molecule has 118 valence electrons. The van der Waals surface area contributed by atoms with E-state index in [0.29, 0.717) is 11.4 Å². The molecule has 0 aliphatic carbocycles. The first kappa shape index (κ1) is 16.6. The monoisotopic (exact) mass is 301 g/mol. The smallest absolute Gasteiger partial charge is 0.183 e. The van der Waals surface area contributed by atoms with Crippen LogP contribution >= 0.6 is 11.8 Å². The minimum Gasteiger partial charge on any atom is -0.366 e. The van der Waals surface area contributed by atoms with Gasteiger partial charge >= 0.3 is 0 Å². The van der Waals surface area contributed by atoms with E-state index in [1.54, 1.807) is 0 Å². The Morgan fingerprint density at radius 2 is 1.65 bits per heavy atom. The lowest BCUT2D eigenvalue weighted by atomic mass is 10.1. The molecule has 4 atom stereocenters. The van der Waals surface area contributed by atoms with E-state index in [9.17, 15) is 5.11 Å². The minimum absolute atomic E-state index is 0.0654. The lowest BCUT2D eigenvalue weighted by Gasteiger charge is -2.11. The topological polar surface area (TPSA) is 44.8 Å². The molecule has 2 fully saturated rings. The number of thioether (sulfide) groups is 1. The number of rotatable bonds is 11. The first-order valence-corrected chi connectivity index (χ1v) is 9.57. The third-order valence-corrected chi connectivity index (χ3v) is 5.67. The summed E-state index contributed by atoms with van der Waals surface area (Å²) in [6, 6.07) is 0.374. The van der Waals surface area contributed by atoms with Gasteiger partial charge in [0.15, 0.2) is 6.29 Å². The van der Waals surface area contributed by atoms with Gasteiger partial charge < -0.3 is 9.84 Å². The van der Waals surface area contributed by atoms with E-state index in [1.165, 1.54) is 64.2 Å². The molecule has 2 N–H and O–H groups in total. The highest BCUT2D eigenvalue weighted by molar-refractivity contribution is 8.00. The van der Waals surface area contributed by atoms with Gasteiger partial charge in [-0.25, -0.2) is 0 Å². The molecule has 0 radical (unpaired) electrons. The Labute approximate surface area is 128 Å². The maximum atomic E-state index is 9.25. The zero-order valence-electron chi connectivity index (χ0n) is 12.9. The van der Waals surface area contributed by atoms with Crippen molar-refractivity contribution in [1.82, 2.24) is 5.32 Å². The predicted octanol–water partition coefficient (Wildman–Crippen LogP) is 3.66. The second-order valence-electron chi connectivity index (χ2n) is 6.20. The van der Waals surface area contributed by atoms with Crippen LogP contribution < -0.4 is 5.32 Å². The van der Waals surface area contributed by atoms with E-state index in [4.69, 9.17) is 4.74 Å². The summed E-state index contributed by atoms with van der Waals surface area (Å²) in [6.07, 6.45) is 13.4. The first-order valence-electron chi connectivity index (χ1n) is 8.52. The number of epoxide rings is 1. The van der Waals surface area contributed by atoms with Gasteiger partial charge in [0.25, 0.3) is 0 Å². The van der Waals surface area contributed by atoms with E-state index < -0.39 is 6.29 Å². The third-order valence-electron chi connectivity index (χ3n) is 4.34. The standard InChI is InChI=1S/C16H31NO2S/c1-2-3-4-5-6-7-8-9-10-11-14-17-13(12-20-14)15-16(18)19-15/h13-18H,2-12H2,1H3/t13-,14?,15?,16?/m0/s1. The molecule has 0 aromatic heterocycles. The van der Waals surface area contributed by atoms with Gasteiger partial charge in [-0.3, -0.25) is 5.32 Å². The summed E-state index contributed by atoms with van der Waals surface area (Å²) in [5, 5.41) is 13.4. The van der Waals surface area contributed by atoms with E-state index in [0.717, 1.165) is 5.75 Å². The number of unbranched alkanes of at least 4 members (excludes halogenated alkanes) is 8. The van der Waals surface area contributed by atoms with Gasteiger partial charge in [-0.1, -0.05) is 64.7 Å². The Morgan fingerprint density at radius 3 is 2.25 bits per heavy atom. The molecule has 3 unspecified atom stereocenters. The van der Waals surface area contributed by atoms with Crippen LogP contribution in [0.2, 0.25) is 0 Å². The van der Waals surface area contributed by atoms with Crippen LogP contribution in [-0.4, -0.2) is 34.7 Å². The van der Waals surface area contributed by atoms with Crippen molar-refractivity contribution in [3.05, 3.63) is 0 Å². The lowest BCUT2D eigenvalue weighted by Crippen LogP contribution is -2.35. The van der Waals surface area contributed by atoms with Gasteiger partial charge in [0.2, 0.25) is 0 Å². The van der Waals surface area contributed by atoms with Crippen molar-refractivity contribution >= 4 is 11.8 Å². The molecule has 0 saturated carbocycles. The molecular weight excluding hydrogens is 270 g/mol. The van der Waals surface area contributed by atoms with E-state index in [-0.39, 0.29) is 6.10 Å². The molecule has 2 saturated heterocycles. The van der Waals surface area contributed by atoms with Crippen LogP contribution in [-0.2, 0) is 4.74 Å². The molecule has 0 amide bonds. The third kappa shape index (κ3) is 5.92. The van der Waals surface area contributed by atoms with E-state index in [1.807, 2.05) is 11.8 Å². The van der Waals surface area contributed by atoms with Crippen molar-refractivity contribution in [2.24, 2.45) is 0 Å².